The number of carboxylic acid groups (broad SMARTS) is 1. The molecule has 0 saturated carbocycles. The van der Waals surface area contributed by atoms with E-state index >= 15 is 0 Å². The summed E-state index contributed by atoms with van der Waals surface area (Å²) < 4.78 is -0.843. The standard InChI is InChI=1S/C15H19NO3S/c1-9(17)16-12-6-10-4-5-13(8-11(10)7-12)20-15(2,3)14(18)19/h4-5,8,12H,6-7H2,1-3H3,(H,16,17)(H,18,19). The SMILES string of the molecule is CC(=O)NC1Cc2ccc(SC(C)(C)C(=O)O)cc2C1. The van der Waals surface area contributed by atoms with Crippen molar-refractivity contribution in [3.63, 3.8) is 0 Å². The molecule has 1 aliphatic rings. The van der Waals surface area contributed by atoms with Crippen molar-refractivity contribution in [3.05, 3.63) is 29.3 Å². The Hall–Kier alpha value is -1.49. The first kappa shape index (κ1) is 14.9. The molecule has 1 atom stereocenters. The van der Waals surface area contributed by atoms with Gasteiger partial charge in [-0.15, -0.1) is 11.8 Å². The highest BCUT2D eigenvalue weighted by Gasteiger charge is 2.29. The molecule has 1 aromatic carbocycles. The normalized spacial score (nSPS) is 17.6. The molecule has 0 bridgehead atoms. The Kier molecular flexibility index (Phi) is 4.09. The van der Waals surface area contributed by atoms with E-state index in [2.05, 4.69) is 5.32 Å². The first-order valence-electron chi connectivity index (χ1n) is 6.59. The van der Waals surface area contributed by atoms with Crippen LogP contribution in [0.2, 0.25) is 0 Å². The molecule has 0 aromatic heterocycles. The van der Waals surface area contributed by atoms with Gasteiger partial charge in [-0.2, -0.15) is 0 Å². The number of carbonyl (C=O) groups is 2. The van der Waals surface area contributed by atoms with Crippen LogP contribution in [0.1, 0.15) is 31.9 Å². The summed E-state index contributed by atoms with van der Waals surface area (Å²) in [6.45, 7) is 4.93. The highest BCUT2D eigenvalue weighted by molar-refractivity contribution is 8.01. The summed E-state index contributed by atoms with van der Waals surface area (Å²) >= 11 is 1.35. The van der Waals surface area contributed by atoms with E-state index in [-0.39, 0.29) is 11.9 Å². The smallest absolute Gasteiger partial charge is 0.319 e. The van der Waals surface area contributed by atoms with Gasteiger partial charge in [0.05, 0.1) is 0 Å². The van der Waals surface area contributed by atoms with Crippen LogP contribution >= 0.6 is 11.8 Å². The molecule has 0 fully saturated rings. The Bertz CT molecular complexity index is 554. The number of benzene rings is 1. The van der Waals surface area contributed by atoms with Gasteiger partial charge in [0, 0.05) is 17.9 Å². The molecule has 0 radical (unpaired) electrons. The molecule has 108 valence electrons. The van der Waals surface area contributed by atoms with E-state index < -0.39 is 10.7 Å². The molecule has 1 unspecified atom stereocenters. The molecule has 1 aliphatic carbocycles. The summed E-state index contributed by atoms with van der Waals surface area (Å²) in [6.07, 6.45) is 1.67. The first-order chi connectivity index (χ1) is 9.28. The molecule has 0 aliphatic heterocycles. The summed E-state index contributed by atoms with van der Waals surface area (Å²) in [4.78, 5) is 23.2. The van der Waals surface area contributed by atoms with Gasteiger partial charge in [-0.05, 0) is 49.9 Å². The maximum atomic E-state index is 11.2. The number of thioether (sulfide) groups is 1. The van der Waals surface area contributed by atoms with Gasteiger partial charge in [0.1, 0.15) is 4.75 Å². The van der Waals surface area contributed by atoms with E-state index in [0.29, 0.717) is 0 Å². The Labute approximate surface area is 123 Å². The second kappa shape index (κ2) is 5.48. The van der Waals surface area contributed by atoms with E-state index in [4.69, 9.17) is 5.11 Å². The molecule has 5 heteroatoms. The molecule has 20 heavy (non-hydrogen) atoms. The average molecular weight is 293 g/mol. The number of carbonyl (C=O) groups excluding carboxylic acids is 1. The van der Waals surface area contributed by atoms with Crippen LogP contribution in [0.25, 0.3) is 0 Å². The van der Waals surface area contributed by atoms with Crippen LogP contribution < -0.4 is 5.32 Å². The summed E-state index contributed by atoms with van der Waals surface area (Å²) in [7, 11) is 0. The van der Waals surface area contributed by atoms with E-state index in [9.17, 15) is 9.59 Å². The van der Waals surface area contributed by atoms with Crippen LogP contribution in [0.4, 0.5) is 0 Å². The number of carboxylic acids is 1. The Balaban J connectivity index is 2.11. The van der Waals surface area contributed by atoms with Gasteiger partial charge in [0.25, 0.3) is 0 Å². The van der Waals surface area contributed by atoms with Gasteiger partial charge in [0.2, 0.25) is 5.91 Å². The lowest BCUT2D eigenvalue weighted by Gasteiger charge is -2.18. The molecule has 2 rings (SSSR count). The summed E-state index contributed by atoms with van der Waals surface area (Å²) in [5.74, 6) is -0.830. The Morgan fingerprint density at radius 3 is 2.55 bits per heavy atom. The van der Waals surface area contributed by atoms with Crippen LogP contribution in [0.3, 0.4) is 0 Å². The molecule has 1 amide bonds. The number of amides is 1. The fourth-order valence-corrected chi connectivity index (χ4v) is 3.40. The summed E-state index contributed by atoms with van der Waals surface area (Å²) in [5.41, 5.74) is 2.44. The van der Waals surface area contributed by atoms with Gasteiger partial charge in [-0.3, -0.25) is 9.59 Å². The largest absolute Gasteiger partial charge is 0.480 e. The third-order valence-corrected chi connectivity index (χ3v) is 4.58. The van der Waals surface area contributed by atoms with Crippen molar-refractivity contribution in [3.8, 4) is 0 Å². The Morgan fingerprint density at radius 1 is 1.30 bits per heavy atom. The fraction of sp³-hybridized carbons (Fsp3) is 0.467. The van der Waals surface area contributed by atoms with E-state index in [1.807, 2.05) is 18.2 Å². The lowest BCUT2D eigenvalue weighted by Crippen LogP contribution is -2.33. The predicted octanol–water partition coefficient (Wildman–Crippen LogP) is 2.25. The van der Waals surface area contributed by atoms with Crippen LogP contribution in [0, 0.1) is 0 Å². The Morgan fingerprint density at radius 2 is 1.95 bits per heavy atom. The monoisotopic (exact) mass is 293 g/mol. The maximum Gasteiger partial charge on any atom is 0.319 e. The average Bonchev–Trinajstić information content (AvgIpc) is 2.68. The highest BCUT2D eigenvalue weighted by Crippen LogP contribution is 2.35. The minimum Gasteiger partial charge on any atom is -0.480 e. The van der Waals surface area contributed by atoms with Gasteiger partial charge in [-0.1, -0.05) is 6.07 Å². The van der Waals surface area contributed by atoms with Crippen molar-refractivity contribution in [2.75, 3.05) is 0 Å². The van der Waals surface area contributed by atoms with Gasteiger partial charge in [0.15, 0.2) is 0 Å². The summed E-state index contributed by atoms with van der Waals surface area (Å²) in [5, 5.41) is 12.1. The van der Waals surface area contributed by atoms with Crippen LogP contribution in [0.15, 0.2) is 23.1 Å². The lowest BCUT2D eigenvalue weighted by atomic mass is 10.1. The number of hydrogen-bond donors (Lipinski definition) is 2. The predicted molar refractivity (Wildman–Crippen MR) is 79.0 cm³/mol. The second-order valence-corrected chi connectivity index (χ2v) is 7.35. The molecule has 0 heterocycles. The number of nitrogens with one attached hydrogen (secondary N) is 1. The van der Waals surface area contributed by atoms with Crippen molar-refractivity contribution < 1.29 is 14.7 Å². The number of rotatable bonds is 4. The lowest BCUT2D eigenvalue weighted by molar-refractivity contribution is -0.138. The van der Waals surface area contributed by atoms with Crippen molar-refractivity contribution in [2.45, 2.75) is 49.3 Å². The minimum atomic E-state index is -0.843. The van der Waals surface area contributed by atoms with Gasteiger partial charge >= 0.3 is 5.97 Å². The van der Waals surface area contributed by atoms with E-state index in [0.717, 1.165) is 17.7 Å². The van der Waals surface area contributed by atoms with Crippen molar-refractivity contribution in [2.24, 2.45) is 0 Å². The van der Waals surface area contributed by atoms with Gasteiger partial charge < -0.3 is 10.4 Å². The van der Waals surface area contributed by atoms with E-state index in [1.54, 1.807) is 13.8 Å². The third-order valence-electron chi connectivity index (χ3n) is 3.41. The molecular formula is C15H19NO3S. The maximum absolute atomic E-state index is 11.2. The van der Waals surface area contributed by atoms with E-state index in [1.165, 1.54) is 29.8 Å². The van der Waals surface area contributed by atoms with Crippen molar-refractivity contribution >= 4 is 23.6 Å². The number of hydrogen-bond acceptors (Lipinski definition) is 3. The molecule has 1 aromatic rings. The second-order valence-electron chi connectivity index (χ2n) is 5.65. The molecule has 0 spiro atoms. The molecule has 4 nitrogen and oxygen atoms in total. The fourth-order valence-electron chi connectivity index (χ4n) is 2.39. The van der Waals surface area contributed by atoms with Crippen LogP contribution in [-0.2, 0) is 22.4 Å². The number of aliphatic carboxylic acids is 1. The third kappa shape index (κ3) is 3.33. The minimum absolute atomic E-state index is 0.00980. The summed E-state index contributed by atoms with van der Waals surface area (Å²) in [6, 6.07) is 6.21. The topological polar surface area (TPSA) is 66.4 Å². The van der Waals surface area contributed by atoms with Crippen molar-refractivity contribution in [1.82, 2.24) is 5.32 Å². The number of fused-ring (bicyclic) bond motifs is 1. The molecule has 0 saturated heterocycles. The van der Waals surface area contributed by atoms with Crippen molar-refractivity contribution in [1.29, 1.82) is 0 Å². The zero-order valence-corrected chi connectivity index (χ0v) is 12.7. The molecule has 2 N–H and O–H groups in total. The molecular weight excluding hydrogens is 274 g/mol. The highest BCUT2D eigenvalue weighted by atomic mass is 32.2. The van der Waals surface area contributed by atoms with Crippen LogP contribution in [-0.4, -0.2) is 27.8 Å². The van der Waals surface area contributed by atoms with Gasteiger partial charge in [-0.25, -0.2) is 0 Å². The zero-order chi connectivity index (χ0) is 14.9. The zero-order valence-electron chi connectivity index (χ0n) is 11.9. The van der Waals surface area contributed by atoms with Crippen LogP contribution in [0.5, 0.6) is 0 Å². The first-order valence-corrected chi connectivity index (χ1v) is 7.41. The quantitative estimate of drug-likeness (QED) is 0.836.